The second kappa shape index (κ2) is 8.58. The third kappa shape index (κ3) is 5.13. The number of non-ortho nitro benzene ring substituents is 1. The van der Waals surface area contributed by atoms with Crippen molar-refractivity contribution in [3.05, 3.63) is 64.2 Å². The van der Waals surface area contributed by atoms with Gasteiger partial charge in [0.25, 0.3) is 5.69 Å². The van der Waals surface area contributed by atoms with Crippen LogP contribution in [0.1, 0.15) is 29.6 Å². The molecular weight excluding hydrogens is 324 g/mol. The summed E-state index contributed by atoms with van der Waals surface area (Å²) in [5.41, 5.74) is 0.857. The van der Waals surface area contributed by atoms with Gasteiger partial charge in [0.1, 0.15) is 5.75 Å². The Balaban J connectivity index is 1.88. The Morgan fingerprint density at radius 3 is 2.48 bits per heavy atom. The zero-order valence-electron chi connectivity index (χ0n) is 13.7. The number of methoxy groups -OCH3 is 1. The van der Waals surface area contributed by atoms with Crippen molar-refractivity contribution in [3.63, 3.8) is 0 Å². The minimum atomic E-state index is -0.538. The number of nitrogens with one attached hydrogen (secondary N) is 1. The number of benzene rings is 2. The maximum Gasteiger partial charge on any atom is 0.273 e. The fourth-order valence-corrected chi connectivity index (χ4v) is 2.29. The summed E-state index contributed by atoms with van der Waals surface area (Å²) in [5.74, 6) is -0.0859. The van der Waals surface area contributed by atoms with Crippen LogP contribution in [-0.2, 0) is 4.79 Å². The average molecular weight is 342 g/mol. The number of ketones is 1. The van der Waals surface area contributed by atoms with E-state index < -0.39 is 4.92 Å². The van der Waals surface area contributed by atoms with Crippen molar-refractivity contribution < 1.29 is 19.2 Å². The van der Waals surface area contributed by atoms with Crippen LogP contribution in [0.25, 0.3) is 0 Å². The maximum atomic E-state index is 12.0. The van der Waals surface area contributed by atoms with Gasteiger partial charge in [-0.2, -0.15) is 0 Å². The number of hydrogen-bond donors (Lipinski definition) is 1. The summed E-state index contributed by atoms with van der Waals surface area (Å²) >= 11 is 0. The lowest BCUT2D eigenvalue weighted by Gasteiger charge is -2.10. The molecule has 0 saturated carbocycles. The number of carbonyl (C=O) groups excluding carboxylic acids is 2. The number of nitrogens with zero attached hydrogens (tertiary/aromatic N) is 1. The van der Waals surface area contributed by atoms with E-state index in [1.807, 2.05) is 6.07 Å². The Morgan fingerprint density at radius 1 is 1.12 bits per heavy atom. The molecule has 0 heterocycles. The molecule has 0 unspecified atom stereocenters. The number of nitro groups is 1. The second-order valence-electron chi connectivity index (χ2n) is 5.33. The van der Waals surface area contributed by atoms with Crippen molar-refractivity contribution >= 4 is 23.1 Å². The molecule has 0 aliphatic rings. The van der Waals surface area contributed by atoms with Crippen molar-refractivity contribution in [2.75, 3.05) is 12.4 Å². The molecule has 0 atom stereocenters. The fourth-order valence-electron chi connectivity index (χ4n) is 2.29. The molecule has 1 amide bonds. The Hall–Kier alpha value is -3.22. The number of anilines is 1. The summed E-state index contributed by atoms with van der Waals surface area (Å²) in [6, 6.07) is 12.9. The van der Waals surface area contributed by atoms with Gasteiger partial charge in [-0.3, -0.25) is 19.7 Å². The molecular formula is C18H18N2O5. The number of nitro benzene ring substituents is 1. The number of carbonyl (C=O) groups is 2. The van der Waals surface area contributed by atoms with Crippen LogP contribution in [0.4, 0.5) is 11.4 Å². The van der Waals surface area contributed by atoms with Gasteiger partial charge < -0.3 is 10.1 Å². The van der Waals surface area contributed by atoms with E-state index in [0.29, 0.717) is 17.7 Å². The molecule has 2 aromatic rings. The molecule has 7 nitrogen and oxygen atoms in total. The molecule has 0 radical (unpaired) electrons. The van der Waals surface area contributed by atoms with Gasteiger partial charge in [-0.25, -0.2) is 0 Å². The van der Waals surface area contributed by atoms with Gasteiger partial charge >= 0.3 is 0 Å². The normalized spacial score (nSPS) is 10.1. The Morgan fingerprint density at radius 2 is 1.84 bits per heavy atom. The van der Waals surface area contributed by atoms with Crippen LogP contribution in [-0.4, -0.2) is 23.7 Å². The number of Topliss-reactive ketones (excluding diaryl/α,β-unsaturated/α-hetero) is 1. The Kier molecular flexibility index (Phi) is 6.22. The van der Waals surface area contributed by atoms with Crippen LogP contribution < -0.4 is 10.1 Å². The summed E-state index contributed by atoms with van der Waals surface area (Å²) < 4.78 is 5.06. The highest BCUT2D eigenvalue weighted by Gasteiger charge is 2.14. The first-order valence-corrected chi connectivity index (χ1v) is 7.72. The van der Waals surface area contributed by atoms with E-state index in [1.54, 1.807) is 24.3 Å². The molecule has 0 fully saturated rings. The third-order valence-electron chi connectivity index (χ3n) is 3.57. The zero-order valence-corrected chi connectivity index (χ0v) is 13.7. The van der Waals surface area contributed by atoms with E-state index in [4.69, 9.17) is 4.74 Å². The quantitative estimate of drug-likeness (QED) is 0.449. The van der Waals surface area contributed by atoms with Gasteiger partial charge in [0.15, 0.2) is 5.78 Å². The molecule has 1 N–H and O–H groups in total. The second-order valence-corrected chi connectivity index (χ2v) is 5.33. The van der Waals surface area contributed by atoms with E-state index in [9.17, 15) is 19.7 Å². The van der Waals surface area contributed by atoms with Crippen molar-refractivity contribution in [2.24, 2.45) is 0 Å². The zero-order chi connectivity index (χ0) is 18.2. The largest absolute Gasteiger partial charge is 0.494 e. The number of ether oxygens (including phenoxy) is 1. The Bertz CT molecular complexity index is 774. The van der Waals surface area contributed by atoms with Gasteiger partial charge in [-0.1, -0.05) is 30.3 Å². The first-order chi connectivity index (χ1) is 12.0. The fraction of sp³-hybridized carbons (Fsp3) is 0.222. The first-order valence-electron chi connectivity index (χ1n) is 7.72. The van der Waals surface area contributed by atoms with E-state index in [0.717, 1.165) is 0 Å². The summed E-state index contributed by atoms with van der Waals surface area (Å²) in [5, 5.41) is 13.4. The molecule has 0 aromatic heterocycles. The highest BCUT2D eigenvalue weighted by molar-refractivity contribution is 5.97. The summed E-state index contributed by atoms with van der Waals surface area (Å²) in [6.07, 6.45) is 0.850. The van der Waals surface area contributed by atoms with Gasteiger partial charge in [0, 0.05) is 24.5 Å². The molecule has 7 heteroatoms. The highest BCUT2D eigenvalue weighted by Crippen LogP contribution is 2.29. The van der Waals surface area contributed by atoms with Crippen LogP contribution in [0.3, 0.4) is 0 Å². The third-order valence-corrected chi connectivity index (χ3v) is 3.57. The van der Waals surface area contributed by atoms with Crippen molar-refractivity contribution in [2.45, 2.75) is 19.3 Å². The highest BCUT2D eigenvalue weighted by atomic mass is 16.6. The van der Waals surface area contributed by atoms with Gasteiger partial charge in [-0.15, -0.1) is 0 Å². The maximum absolute atomic E-state index is 12.0. The lowest BCUT2D eigenvalue weighted by Crippen LogP contribution is -2.13. The Labute approximate surface area is 144 Å². The van der Waals surface area contributed by atoms with Crippen LogP contribution in [0.5, 0.6) is 5.75 Å². The van der Waals surface area contributed by atoms with Crippen molar-refractivity contribution in [3.8, 4) is 5.75 Å². The lowest BCUT2D eigenvalue weighted by molar-refractivity contribution is -0.384. The van der Waals surface area contributed by atoms with Crippen molar-refractivity contribution in [1.29, 1.82) is 0 Å². The summed E-state index contributed by atoms with van der Waals surface area (Å²) in [4.78, 5) is 34.2. The smallest absolute Gasteiger partial charge is 0.273 e. The minimum Gasteiger partial charge on any atom is -0.494 e. The SMILES string of the molecule is COc1cc([N+](=O)[O-])ccc1NC(=O)CCCC(=O)c1ccccc1. The number of rotatable bonds is 8. The number of hydrogen-bond acceptors (Lipinski definition) is 5. The minimum absolute atomic E-state index is 0.0127. The van der Waals surface area contributed by atoms with Crippen molar-refractivity contribution in [1.82, 2.24) is 0 Å². The predicted molar refractivity (Wildman–Crippen MR) is 92.9 cm³/mol. The van der Waals surface area contributed by atoms with Crippen LogP contribution in [0, 0.1) is 10.1 Å². The van der Waals surface area contributed by atoms with E-state index in [2.05, 4.69) is 5.32 Å². The average Bonchev–Trinajstić information content (AvgIpc) is 2.62. The standard InChI is InChI=1S/C18H18N2O5/c1-25-17-12-14(20(23)24)10-11-15(17)19-18(22)9-5-8-16(21)13-6-3-2-4-7-13/h2-4,6-7,10-12H,5,8-9H2,1H3,(H,19,22). The molecule has 25 heavy (non-hydrogen) atoms. The molecule has 2 rings (SSSR count). The molecule has 130 valence electrons. The first kappa shape index (κ1) is 18.1. The molecule has 2 aromatic carbocycles. The molecule has 0 aliphatic heterocycles. The van der Waals surface area contributed by atoms with Gasteiger partial charge in [0.2, 0.25) is 5.91 Å². The molecule has 0 aliphatic carbocycles. The number of amides is 1. The predicted octanol–water partition coefficient (Wildman–Crippen LogP) is 3.60. The molecule has 0 bridgehead atoms. The van der Waals surface area contributed by atoms with Crippen LogP contribution >= 0.6 is 0 Å². The van der Waals surface area contributed by atoms with Gasteiger partial charge in [-0.05, 0) is 12.5 Å². The van der Waals surface area contributed by atoms with Gasteiger partial charge in [0.05, 0.1) is 23.8 Å². The van der Waals surface area contributed by atoms with Crippen LogP contribution in [0.15, 0.2) is 48.5 Å². The molecule has 0 spiro atoms. The van der Waals surface area contributed by atoms with E-state index in [-0.39, 0.29) is 36.0 Å². The van der Waals surface area contributed by atoms with E-state index >= 15 is 0 Å². The van der Waals surface area contributed by atoms with Crippen LogP contribution in [0.2, 0.25) is 0 Å². The van der Waals surface area contributed by atoms with E-state index in [1.165, 1.54) is 25.3 Å². The summed E-state index contributed by atoms with van der Waals surface area (Å²) in [7, 11) is 1.37. The lowest BCUT2D eigenvalue weighted by atomic mass is 10.1. The topological polar surface area (TPSA) is 98.5 Å². The molecule has 0 saturated heterocycles. The summed E-state index contributed by atoms with van der Waals surface area (Å²) in [6.45, 7) is 0. The monoisotopic (exact) mass is 342 g/mol.